The summed E-state index contributed by atoms with van der Waals surface area (Å²) in [4.78, 5) is 139. The van der Waals surface area contributed by atoms with Crippen molar-refractivity contribution in [1.82, 2.24) is 40.9 Å². The van der Waals surface area contributed by atoms with Crippen LogP contribution >= 0.6 is 23.2 Å². The number of carbonyl (C=O) groups is 10. The Bertz CT molecular complexity index is 4680. The highest BCUT2D eigenvalue weighted by Gasteiger charge is 2.65. The van der Waals surface area contributed by atoms with Gasteiger partial charge in [0.25, 0.3) is 35.4 Å². The lowest BCUT2D eigenvalue weighted by Gasteiger charge is -2.63. The number of piperazine rings is 2. The topological polar surface area (TPSA) is 304 Å². The summed E-state index contributed by atoms with van der Waals surface area (Å²) >= 11 is 12.5. The molecule has 10 aliphatic rings. The van der Waals surface area contributed by atoms with Crippen molar-refractivity contribution in [2.45, 2.75) is 155 Å². The van der Waals surface area contributed by atoms with Crippen molar-refractivity contribution in [2.75, 3.05) is 75.2 Å². The third kappa shape index (κ3) is 14.8. The molecule has 2 atom stereocenters. The maximum absolute atomic E-state index is 13.5. The van der Waals surface area contributed by atoms with Crippen LogP contribution in [0.5, 0.6) is 11.5 Å². The van der Waals surface area contributed by atoms with E-state index >= 15 is 0 Å². The van der Waals surface area contributed by atoms with E-state index in [4.69, 9.17) is 32.7 Å². The largest absolute Gasteiger partial charge is 0.489 e. The number of nitrogens with zero attached hydrogens (tertiary/aromatic N) is 8. The summed E-state index contributed by atoms with van der Waals surface area (Å²) in [6.07, 6.45) is 4.51. The van der Waals surface area contributed by atoms with Crippen molar-refractivity contribution in [2.24, 2.45) is 33.5 Å². The van der Waals surface area contributed by atoms with Crippen molar-refractivity contribution in [3.05, 3.63) is 187 Å². The summed E-state index contributed by atoms with van der Waals surface area (Å²) in [6, 6.07) is 38.8. The van der Waals surface area contributed by atoms with E-state index in [1.165, 1.54) is 11.1 Å². The number of halogens is 2. The normalized spacial score (nSPS) is 26.5. The molecule has 0 bridgehead atoms. The molecule has 114 heavy (non-hydrogen) atoms. The first-order valence-corrected chi connectivity index (χ1v) is 40.3. The Morgan fingerprint density at radius 2 is 0.798 bits per heavy atom. The van der Waals surface area contributed by atoms with Gasteiger partial charge in [-0.3, -0.25) is 78.2 Å². The number of nitriles is 2. The van der Waals surface area contributed by atoms with Crippen LogP contribution in [-0.2, 0) is 19.2 Å². The van der Waals surface area contributed by atoms with E-state index < -0.39 is 59.3 Å². The number of piperidine rings is 2. The number of imide groups is 4. The molecule has 4 aliphatic carbocycles. The molecule has 0 aromatic heterocycles. The first-order valence-electron chi connectivity index (χ1n) is 39.5. The minimum Gasteiger partial charge on any atom is -0.489 e. The van der Waals surface area contributed by atoms with Crippen LogP contribution in [0.1, 0.15) is 203 Å². The molecule has 0 radical (unpaired) electrons. The fourth-order valence-electron chi connectivity index (χ4n) is 20.2. The SMILES string of the molecule is CC1(C)C(NC(=O)c2ccc(C3CC(CN4CCN(c5ccc6c(c5)C(=O)N(C5CCC(=O)NC5=O)C6=O)CC4)C3)cc2)C(C)(C)C1Oc1ccc(C#N)c(Cl)c1.CC1(C)C(NC(=O)c2ccc(C3CC(CN4CCN(c5ccc6c(c5)C(=O)N(C5CCC(=O)NC5=O)C6=O)CC4)C3)cc2)C(C)(C)C1Oc1ccc(C#N)c(Cl)c1. The molecule has 6 aromatic carbocycles. The zero-order valence-electron chi connectivity index (χ0n) is 65.3. The molecule has 6 aliphatic heterocycles. The number of carbonyl (C=O) groups excluding carboxylic acids is 10. The van der Waals surface area contributed by atoms with E-state index in [0.717, 1.165) is 112 Å². The van der Waals surface area contributed by atoms with E-state index in [2.05, 4.69) is 133 Å². The lowest BCUT2D eigenvalue weighted by Crippen LogP contribution is -2.74. The first-order chi connectivity index (χ1) is 54.3. The molecule has 4 N–H and O–H groups in total. The molecular formula is C88H94Cl2N12O12. The summed E-state index contributed by atoms with van der Waals surface area (Å²) < 4.78 is 12.7. The maximum atomic E-state index is 13.5. The molecule has 4 saturated carbocycles. The van der Waals surface area contributed by atoms with Crippen molar-refractivity contribution < 1.29 is 57.4 Å². The van der Waals surface area contributed by atoms with Crippen molar-refractivity contribution in [3.63, 3.8) is 0 Å². The van der Waals surface area contributed by atoms with Gasteiger partial charge >= 0.3 is 0 Å². The van der Waals surface area contributed by atoms with Gasteiger partial charge in [-0.05, 0) is 158 Å². The molecule has 4 saturated heterocycles. The lowest BCUT2D eigenvalue weighted by atomic mass is 9.49. The third-order valence-electron chi connectivity index (χ3n) is 26.0. The van der Waals surface area contributed by atoms with E-state index in [9.17, 15) is 58.5 Å². The quantitative estimate of drug-likeness (QED) is 0.0581. The molecule has 26 heteroatoms. The van der Waals surface area contributed by atoms with Crippen LogP contribution in [-0.4, -0.2) is 180 Å². The summed E-state index contributed by atoms with van der Waals surface area (Å²) in [5.74, 6) is -0.838. The van der Waals surface area contributed by atoms with E-state index in [-0.39, 0.29) is 83.4 Å². The van der Waals surface area contributed by atoms with E-state index in [1.54, 1.807) is 60.7 Å². The highest BCUT2D eigenvalue weighted by Crippen LogP contribution is 2.57. The van der Waals surface area contributed by atoms with Crippen LogP contribution in [0, 0.1) is 56.2 Å². The fraction of sp³-hybridized carbons (Fsp3) is 0.455. The Hall–Kier alpha value is -10.5. The van der Waals surface area contributed by atoms with Gasteiger partial charge in [0.2, 0.25) is 23.6 Å². The average molecular weight is 1580 g/mol. The van der Waals surface area contributed by atoms with Gasteiger partial charge in [0.15, 0.2) is 0 Å². The molecule has 10 amide bonds. The van der Waals surface area contributed by atoms with Gasteiger partial charge in [-0.15, -0.1) is 0 Å². The number of fused-ring (bicyclic) bond motifs is 2. The molecular weight excluding hydrogens is 1490 g/mol. The Balaban J connectivity index is 0.000000180. The maximum Gasteiger partial charge on any atom is 0.262 e. The number of nitrogens with one attached hydrogen (secondary N) is 4. The number of anilines is 2. The van der Waals surface area contributed by atoms with Gasteiger partial charge in [0, 0.05) is 147 Å². The molecule has 2 unspecified atom stereocenters. The molecule has 0 spiro atoms. The Labute approximate surface area is 673 Å². The minimum atomic E-state index is -0.975. The number of hydrogen-bond acceptors (Lipinski definition) is 18. The monoisotopic (exact) mass is 1580 g/mol. The fourth-order valence-corrected chi connectivity index (χ4v) is 20.6. The van der Waals surface area contributed by atoms with Crippen LogP contribution in [0.4, 0.5) is 11.4 Å². The predicted molar refractivity (Wildman–Crippen MR) is 426 cm³/mol. The summed E-state index contributed by atoms with van der Waals surface area (Å²) in [5, 5.41) is 30.2. The van der Waals surface area contributed by atoms with Gasteiger partial charge in [-0.1, -0.05) is 103 Å². The second kappa shape index (κ2) is 30.7. The van der Waals surface area contributed by atoms with Crippen molar-refractivity contribution in [1.29, 1.82) is 10.5 Å². The highest BCUT2D eigenvalue weighted by molar-refractivity contribution is 6.32. The van der Waals surface area contributed by atoms with Crippen LogP contribution < -0.4 is 40.5 Å². The van der Waals surface area contributed by atoms with Gasteiger partial charge in [-0.2, -0.15) is 10.5 Å². The van der Waals surface area contributed by atoms with Gasteiger partial charge < -0.3 is 29.9 Å². The Morgan fingerprint density at radius 3 is 1.12 bits per heavy atom. The number of rotatable bonds is 18. The summed E-state index contributed by atoms with van der Waals surface area (Å²) in [7, 11) is 0. The second-order valence-corrected chi connectivity index (χ2v) is 35.7. The first kappa shape index (κ1) is 78.8. The minimum absolute atomic E-state index is 0.0897. The Kier molecular flexibility index (Phi) is 21.2. The van der Waals surface area contributed by atoms with Crippen molar-refractivity contribution in [3.8, 4) is 23.6 Å². The summed E-state index contributed by atoms with van der Waals surface area (Å²) in [6.45, 7) is 25.6. The van der Waals surface area contributed by atoms with Gasteiger partial charge in [-0.25, -0.2) is 0 Å². The number of benzene rings is 6. The van der Waals surface area contributed by atoms with Crippen molar-refractivity contribution >= 4 is 93.6 Å². The van der Waals surface area contributed by atoms with Gasteiger partial charge in [0.1, 0.15) is 47.9 Å². The Morgan fingerprint density at radius 1 is 0.456 bits per heavy atom. The van der Waals surface area contributed by atoms with E-state index in [1.807, 2.05) is 36.4 Å². The standard InChI is InChI=1S/2C44H47ClN6O6/c2*1-43(2)41(44(3,4)42(43)57-31-11-9-28(23-46)34(45)22-31)48-37(53)27-7-5-26(6-8-27)29-19-25(20-29)24-49-15-17-50(18-16-49)30-10-12-32-33(21-30)40(56)51(39(32)55)35-13-14-36(52)47-38(35)54/h2*5-12,21-22,25,29,35,41-42H,13-20,24H2,1-4H3,(H,48,53)(H,47,52,54). The molecule has 16 rings (SSSR count). The highest BCUT2D eigenvalue weighted by atomic mass is 35.5. The molecule has 592 valence electrons. The van der Waals surface area contributed by atoms with E-state index in [0.29, 0.717) is 89.7 Å². The summed E-state index contributed by atoms with van der Waals surface area (Å²) in [5.41, 5.74) is 6.14. The molecule has 8 fully saturated rings. The van der Waals surface area contributed by atoms with Crippen LogP contribution in [0.15, 0.2) is 121 Å². The number of ether oxygens (including phenoxy) is 2. The predicted octanol–water partition coefficient (Wildman–Crippen LogP) is 11.1. The molecule has 24 nitrogen and oxygen atoms in total. The van der Waals surface area contributed by atoms with Crippen LogP contribution in [0.2, 0.25) is 10.0 Å². The molecule has 6 heterocycles. The van der Waals surface area contributed by atoms with Gasteiger partial charge in [0.05, 0.1) is 43.4 Å². The number of hydrogen-bond donors (Lipinski definition) is 4. The van der Waals surface area contributed by atoms with Crippen LogP contribution in [0.25, 0.3) is 0 Å². The number of amides is 10. The zero-order valence-corrected chi connectivity index (χ0v) is 66.8. The zero-order chi connectivity index (χ0) is 80.8. The third-order valence-corrected chi connectivity index (χ3v) is 26.6. The average Bonchev–Trinajstić information content (AvgIpc) is 1.32. The molecule has 6 aromatic rings. The van der Waals surface area contributed by atoms with Crippen LogP contribution in [0.3, 0.4) is 0 Å². The lowest BCUT2D eigenvalue weighted by molar-refractivity contribution is -0.164. The smallest absolute Gasteiger partial charge is 0.262 e. The second-order valence-electron chi connectivity index (χ2n) is 34.8.